The van der Waals surface area contributed by atoms with Crippen LogP contribution in [-0.4, -0.2) is 20.5 Å². The number of thiazole rings is 1. The van der Waals surface area contributed by atoms with Crippen LogP contribution in [0.3, 0.4) is 0 Å². The summed E-state index contributed by atoms with van der Waals surface area (Å²) in [7, 11) is -2.42. The van der Waals surface area contributed by atoms with Gasteiger partial charge in [0.1, 0.15) is 0 Å². The van der Waals surface area contributed by atoms with E-state index in [4.69, 9.17) is 16.7 Å². The SMILES string of the molecule is COc1nc(Cl)c(S(N)(=O)=O)s1. The maximum absolute atomic E-state index is 10.8. The van der Waals surface area contributed by atoms with E-state index < -0.39 is 10.0 Å². The minimum atomic E-state index is -3.78. The lowest BCUT2D eigenvalue weighted by molar-refractivity contribution is 0.412. The van der Waals surface area contributed by atoms with E-state index in [1.54, 1.807) is 0 Å². The van der Waals surface area contributed by atoms with Crippen LogP contribution >= 0.6 is 22.9 Å². The lowest BCUT2D eigenvalue weighted by atomic mass is 11.0. The molecule has 0 unspecified atom stereocenters. The standard InChI is InChI=1S/C4H5ClN2O3S2/c1-10-4-7-2(5)3(11-4)12(6,8)9/h1H3,(H2,6,8,9). The van der Waals surface area contributed by atoms with Gasteiger partial charge in [-0.1, -0.05) is 22.9 Å². The summed E-state index contributed by atoms with van der Waals surface area (Å²) in [6.45, 7) is 0. The summed E-state index contributed by atoms with van der Waals surface area (Å²) in [4.78, 5) is 3.60. The fourth-order valence-electron chi connectivity index (χ4n) is 0.533. The van der Waals surface area contributed by atoms with Crippen LogP contribution in [-0.2, 0) is 10.0 Å². The number of rotatable bonds is 2. The van der Waals surface area contributed by atoms with Crippen LogP contribution in [0, 0.1) is 0 Å². The number of primary sulfonamides is 1. The van der Waals surface area contributed by atoms with Gasteiger partial charge in [0, 0.05) is 0 Å². The highest BCUT2D eigenvalue weighted by Gasteiger charge is 2.19. The van der Waals surface area contributed by atoms with Gasteiger partial charge in [-0.05, 0) is 0 Å². The number of hydrogen-bond acceptors (Lipinski definition) is 5. The van der Waals surface area contributed by atoms with Gasteiger partial charge in [0.2, 0.25) is 0 Å². The predicted molar refractivity (Wildman–Crippen MR) is 45.0 cm³/mol. The zero-order valence-corrected chi connectivity index (χ0v) is 8.33. The Kier molecular flexibility index (Phi) is 2.57. The van der Waals surface area contributed by atoms with Crippen molar-refractivity contribution in [3.8, 4) is 5.19 Å². The quantitative estimate of drug-likeness (QED) is 0.797. The molecule has 2 N–H and O–H groups in total. The molecule has 0 atom stereocenters. The summed E-state index contributed by atoms with van der Waals surface area (Å²) in [6.07, 6.45) is 0. The van der Waals surface area contributed by atoms with Crippen LogP contribution in [0.5, 0.6) is 5.19 Å². The van der Waals surface area contributed by atoms with E-state index >= 15 is 0 Å². The third-order valence-electron chi connectivity index (χ3n) is 0.971. The molecule has 8 heteroatoms. The number of methoxy groups -OCH3 is 1. The normalized spacial score (nSPS) is 11.6. The van der Waals surface area contributed by atoms with Crippen LogP contribution in [0.4, 0.5) is 0 Å². The largest absolute Gasteiger partial charge is 0.473 e. The van der Waals surface area contributed by atoms with Crippen LogP contribution in [0.2, 0.25) is 5.15 Å². The first-order valence-corrected chi connectivity index (χ1v) is 5.42. The van der Waals surface area contributed by atoms with E-state index in [0.717, 1.165) is 11.3 Å². The first-order valence-electron chi connectivity index (χ1n) is 2.68. The molecule has 1 heterocycles. The molecule has 0 saturated heterocycles. The summed E-state index contributed by atoms with van der Waals surface area (Å²) in [5.74, 6) is 0. The molecule has 1 aromatic rings. The molecule has 68 valence electrons. The first-order chi connectivity index (χ1) is 5.45. The highest BCUT2D eigenvalue weighted by atomic mass is 35.5. The molecule has 0 aliphatic rings. The molecule has 0 amide bonds. The lowest BCUT2D eigenvalue weighted by Gasteiger charge is -1.89. The van der Waals surface area contributed by atoms with Crippen LogP contribution in [0.1, 0.15) is 0 Å². The van der Waals surface area contributed by atoms with Crippen molar-refractivity contribution in [3.05, 3.63) is 5.15 Å². The van der Waals surface area contributed by atoms with E-state index in [2.05, 4.69) is 9.72 Å². The molecule has 0 radical (unpaired) electrons. The van der Waals surface area contributed by atoms with Crippen molar-refractivity contribution < 1.29 is 13.2 Å². The number of halogens is 1. The number of hydrogen-bond donors (Lipinski definition) is 1. The van der Waals surface area contributed by atoms with Gasteiger partial charge in [-0.3, -0.25) is 0 Å². The van der Waals surface area contributed by atoms with Crippen molar-refractivity contribution in [1.29, 1.82) is 0 Å². The summed E-state index contributed by atoms with van der Waals surface area (Å²) < 4.78 is 26.1. The number of aromatic nitrogens is 1. The Labute approximate surface area is 78.2 Å². The molecule has 0 aromatic carbocycles. The van der Waals surface area contributed by atoms with Crippen LogP contribution < -0.4 is 9.88 Å². The minimum absolute atomic E-state index is 0.153. The van der Waals surface area contributed by atoms with E-state index in [1.807, 2.05) is 0 Å². The third kappa shape index (κ3) is 1.86. The smallest absolute Gasteiger partial charge is 0.275 e. The number of nitrogens with zero attached hydrogens (tertiary/aromatic N) is 1. The molecular formula is C4H5ClN2O3S2. The van der Waals surface area contributed by atoms with Gasteiger partial charge in [0.05, 0.1) is 7.11 Å². The van der Waals surface area contributed by atoms with Crippen LogP contribution in [0.25, 0.3) is 0 Å². The van der Waals surface area contributed by atoms with Crippen molar-refractivity contribution in [3.63, 3.8) is 0 Å². The van der Waals surface area contributed by atoms with Gasteiger partial charge in [-0.25, -0.2) is 13.6 Å². The average molecular weight is 229 g/mol. The summed E-state index contributed by atoms with van der Waals surface area (Å²) in [5, 5.41) is 4.85. The zero-order chi connectivity index (χ0) is 9.35. The third-order valence-corrected chi connectivity index (χ3v) is 3.94. The minimum Gasteiger partial charge on any atom is -0.473 e. The van der Waals surface area contributed by atoms with Crippen molar-refractivity contribution in [2.45, 2.75) is 4.21 Å². The monoisotopic (exact) mass is 228 g/mol. The van der Waals surface area contributed by atoms with E-state index in [0.29, 0.717) is 0 Å². The van der Waals surface area contributed by atoms with Crippen molar-refractivity contribution in [1.82, 2.24) is 4.98 Å². The highest BCUT2D eigenvalue weighted by molar-refractivity contribution is 7.91. The maximum Gasteiger partial charge on any atom is 0.275 e. The Balaban J connectivity index is 3.27. The second kappa shape index (κ2) is 3.17. The Morgan fingerprint density at radius 1 is 1.67 bits per heavy atom. The topological polar surface area (TPSA) is 82.3 Å². The molecule has 5 nitrogen and oxygen atoms in total. The van der Waals surface area contributed by atoms with Crippen LogP contribution in [0.15, 0.2) is 4.21 Å². The number of nitrogens with two attached hydrogens (primary N) is 1. The zero-order valence-electron chi connectivity index (χ0n) is 5.94. The molecule has 0 bridgehead atoms. The summed E-state index contributed by atoms with van der Waals surface area (Å²) >= 11 is 6.26. The molecule has 1 aromatic heterocycles. The van der Waals surface area contributed by atoms with Gasteiger partial charge in [0.15, 0.2) is 9.36 Å². The molecular weight excluding hydrogens is 224 g/mol. The molecule has 1 rings (SSSR count). The van der Waals surface area contributed by atoms with Crippen molar-refractivity contribution >= 4 is 33.0 Å². The molecule has 0 aliphatic carbocycles. The second-order valence-electron chi connectivity index (χ2n) is 1.81. The lowest BCUT2D eigenvalue weighted by Crippen LogP contribution is -2.10. The maximum atomic E-state index is 10.8. The molecule has 0 aliphatic heterocycles. The van der Waals surface area contributed by atoms with Gasteiger partial charge in [0.25, 0.3) is 15.2 Å². The fourth-order valence-corrected chi connectivity index (χ4v) is 2.57. The highest BCUT2D eigenvalue weighted by Crippen LogP contribution is 2.31. The summed E-state index contributed by atoms with van der Waals surface area (Å²) in [6, 6.07) is 0. The van der Waals surface area contributed by atoms with Crippen molar-refractivity contribution in [2.24, 2.45) is 5.14 Å². The van der Waals surface area contributed by atoms with Gasteiger partial charge in [-0.2, -0.15) is 4.98 Å². The Bertz CT molecular complexity index is 385. The van der Waals surface area contributed by atoms with Gasteiger partial charge < -0.3 is 4.74 Å². The number of ether oxygens (including phenoxy) is 1. The van der Waals surface area contributed by atoms with E-state index in [9.17, 15) is 8.42 Å². The first kappa shape index (κ1) is 9.72. The Morgan fingerprint density at radius 2 is 2.25 bits per heavy atom. The second-order valence-corrected chi connectivity index (χ2v) is 4.88. The Hall–Kier alpha value is -0.370. The summed E-state index contributed by atoms with van der Waals surface area (Å²) in [5.41, 5.74) is 0. The van der Waals surface area contributed by atoms with E-state index in [-0.39, 0.29) is 14.6 Å². The molecule has 0 spiro atoms. The Morgan fingerprint density at radius 3 is 2.50 bits per heavy atom. The molecule has 12 heavy (non-hydrogen) atoms. The number of sulfonamides is 1. The van der Waals surface area contributed by atoms with Crippen molar-refractivity contribution in [2.75, 3.05) is 7.11 Å². The molecule has 0 fully saturated rings. The van der Waals surface area contributed by atoms with Gasteiger partial charge in [-0.15, -0.1) is 0 Å². The fraction of sp³-hybridized carbons (Fsp3) is 0.250. The molecule has 0 saturated carbocycles. The van der Waals surface area contributed by atoms with Gasteiger partial charge >= 0.3 is 0 Å². The van der Waals surface area contributed by atoms with E-state index in [1.165, 1.54) is 7.11 Å². The predicted octanol–water partition coefficient (Wildman–Crippen LogP) is 0.453. The average Bonchev–Trinajstić information content (AvgIpc) is 2.29.